The van der Waals surface area contributed by atoms with Gasteiger partial charge in [-0.3, -0.25) is 14.6 Å². The molecule has 2 aromatic rings. The summed E-state index contributed by atoms with van der Waals surface area (Å²) >= 11 is 1.58. The largest absolute Gasteiger partial charge is 0.396 e. The normalized spacial score (nSPS) is 31.4. The first-order chi connectivity index (χ1) is 17.7. The van der Waals surface area contributed by atoms with Gasteiger partial charge in [-0.05, 0) is 42.7 Å². The SMILES string of the molecule is CC(=O)N1CCN(C(=O)C[C@@H]2c3nc(Nc4cccnc4)sc3C[C@@H]3[C@](C)(CO)[C@H](O)CC[C@]32C)CC1. The lowest BCUT2D eigenvalue weighted by atomic mass is 9.47. The molecular weight excluding hydrogens is 490 g/mol. The first-order valence-electron chi connectivity index (χ1n) is 13.1. The number of rotatable bonds is 5. The van der Waals surface area contributed by atoms with E-state index in [2.05, 4.69) is 17.2 Å². The van der Waals surface area contributed by atoms with Crippen molar-refractivity contribution in [3.8, 4) is 0 Å². The van der Waals surface area contributed by atoms with Crippen LogP contribution in [0.2, 0.25) is 0 Å². The van der Waals surface area contributed by atoms with Gasteiger partial charge in [-0.25, -0.2) is 4.98 Å². The van der Waals surface area contributed by atoms with Gasteiger partial charge in [-0.15, -0.1) is 11.3 Å². The van der Waals surface area contributed by atoms with Gasteiger partial charge in [0.2, 0.25) is 11.8 Å². The molecule has 3 heterocycles. The van der Waals surface area contributed by atoms with E-state index in [0.29, 0.717) is 45.4 Å². The number of carbonyl (C=O) groups is 2. The molecule has 0 bridgehead atoms. The van der Waals surface area contributed by atoms with Crippen molar-refractivity contribution in [2.45, 2.75) is 58.5 Å². The molecule has 2 aliphatic carbocycles. The van der Waals surface area contributed by atoms with E-state index in [1.165, 1.54) is 0 Å². The second-order valence-corrected chi connectivity index (χ2v) is 12.4. The van der Waals surface area contributed by atoms with Crippen molar-refractivity contribution in [1.82, 2.24) is 19.8 Å². The molecule has 0 radical (unpaired) electrons. The fourth-order valence-electron chi connectivity index (χ4n) is 6.83. The van der Waals surface area contributed by atoms with E-state index in [4.69, 9.17) is 4.98 Å². The van der Waals surface area contributed by atoms with E-state index in [1.54, 1.807) is 35.6 Å². The van der Waals surface area contributed by atoms with Crippen LogP contribution in [0, 0.1) is 16.7 Å². The number of aliphatic hydroxyl groups is 2. The van der Waals surface area contributed by atoms with Crippen molar-refractivity contribution in [2.75, 3.05) is 38.1 Å². The molecule has 5 rings (SSSR count). The van der Waals surface area contributed by atoms with E-state index in [0.717, 1.165) is 27.8 Å². The van der Waals surface area contributed by atoms with Crippen LogP contribution in [0.25, 0.3) is 0 Å². The monoisotopic (exact) mass is 527 g/mol. The Morgan fingerprint density at radius 1 is 1.22 bits per heavy atom. The summed E-state index contributed by atoms with van der Waals surface area (Å²) in [6.07, 6.45) is 5.29. The maximum Gasteiger partial charge on any atom is 0.223 e. The highest BCUT2D eigenvalue weighted by atomic mass is 32.1. The lowest BCUT2D eigenvalue weighted by Crippen LogP contribution is -2.58. The van der Waals surface area contributed by atoms with Gasteiger partial charge >= 0.3 is 0 Å². The van der Waals surface area contributed by atoms with Crippen LogP contribution in [-0.4, -0.2) is 80.7 Å². The Hall–Kier alpha value is -2.56. The summed E-state index contributed by atoms with van der Waals surface area (Å²) in [5.74, 6) is 0.00567. The summed E-state index contributed by atoms with van der Waals surface area (Å²) in [6.45, 7) is 7.86. The Bertz CT molecular complexity index is 1150. The Morgan fingerprint density at radius 2 is 1.95 bits per heavy atom. The molecule has 0 unspecified atom stereocenters. The number of piperazine rings is 1. The molecule has 37 heavy (non-hydrogen) atoms. The Morgan fingerprint density at radius 3 is 2.59 bits per heavy atom. The van der Waals surface area contributed by atoms with Crippen LogP contribution in [-0.2, 0) is 16.0 Å². The molecule has 2 amide bonds. The number of hydrogen-bond acceptors (Lipinski definition) is 8. The van der Waals surface area contributed by atoms with Crippen LogP contribution in [0.15, 0.2) is 24.5 Å². The predicted octanol–water partition coefficient (Wildman–Crippen LogP) is 2.78. The Kier molecular flexibility index (Phi) is 7.02. The average molecular weight is 528 g/mol. The van der Waals surface area contributed by atoms with Crippen molar-refractivity contribution in [3.63, 3.8) is 0 Å². The van der Waals surface area contributed by atoms with Crippen molar-refractivity contribution >= 4 is 34.0 Å². The van der Waals surface area contributed by atoms with Gasteiger partial charge in [0, 0.05) is 61.9 Å². The minimum Gasteiger partial charge on any atom is -0.396 e. The molecule has 1 saturated carbocycles. The van der Waals surface area contributed by atoms with Crippen molar-refractivity contribution in [3.05, 3.63) is 35.1 Å². The number of amides is 2. The fourth-order valence-corrected chi connectivity index (χ4v) is 7.92. The number of carbonyl (C=O) groups excluding carboxylic acids is 2. The smallest absolute Gasteiger partial charge is 0.223 e. The van der Waals surface area contributed by atoms with Crippen LogP contribution < -0.4 is 5.32 Å². The maximum atomic E-state index is 13.6. The summed E-state index contributed by atoms with van der Waals surface area (Å²) in [6, 6.07) is 3.81. The number of nitrogens with one attached hydrogen (secondary N) is 1. The summed E-state index contributed by atoms with van der Waals surface area (Å²) in [5, 5.41) is 25.6. The molecule has 0 spiro atoms. The highest BCUT2D eigenvalue weighted by molar-refractivity contribution is 7.15. The third kappa shape index (κ3) is 4.64. The number of fused-ring (bicyclic) bond motifs is 2. The molecule has 10 heteroatoms. The Labute approximate surface area is 221 Å². The number of aromatic nitrogens is 2. The highest BCUT2D eigenvalue weighted by Gasteiger charge is 2.59. The van der Waals surface area contributed by atoms with Crippen LogP contribution >= 0.6 is 11.3 Å². The van der Waals surface area contributed by atoms with Gasteiger partial charge < -0.3 is 25.3 Å². The van der Waals surface area contributed by atoms with Gasteiger partial charge in [0.25, 0.3) is 0 Å². The molecule has 5 atom stereocenters. The zero-order chi connectivity index (χ0) is 26.4. The van der Waals surface area contributed by atoms with E-state index in [9.17, 15) is 19.8 Å². The van der Waals surface area contributed by atoms with Crippen molar-refractivity contribution in [1.29, 1.82) is 0 Å². The molecule has 200 valence electrons. The Balaban J connectivity index is 1.47. The molecule has 2 fully saturated rings. The maximum absolute atomic E-state index is 13.6. The fraction of sp³-hybridized carbons (Fsp3) is 0.630. The highest BCUT2D eigenvalue weighted by Crippen LogP contribution is 2.63. The number of anilines is 2. The van der Waals surface area contributed by atoms with Crippen LogP contribution in [0.4, 0.5) is 10.8 Å². The second kappa shape index (κ2) is 9.96. The summed E-state index contributed by atoms with van der Waals surface area (Å²) in [7, 11) is 0. The van der Waals surface area contributed by atoms with Crippen LogP contribution in [0.1, 0.15) is 56.5 Å². The van der Waals surface area contributed by atoms with Gasteiger partial charge in [-0.1, -0.05) is 13.8 Å². The number of pyridine rings is 1. The van der Waals surface area contributed by atoms with Gasteiger partial charge in [-0.2, -0.15) is 0 Å². The van der Waals surface area contributed by atoms with E-state index >= 15 is 0 Å². The summed E-state index contributed by atoms with van der Waals surface area (Å²) in [5.41, 5.74) is 0.867. The number of hydrogen-bond donors (Lipinski definition) is 3. The molecule has 1 aliphatic heterocycles. The first-order valence-corrected chi connectivity index (χ1v) is 14.0. The quantitative estimate of drug-likeness (QED) is 0.547. The summed E-state index contributed by atoms with van der Waals surface area (Å²) < 4.78 is 0. The van der Waals surface area contributed by atoms with E-state index in [1.807, 2.05) is 24.0 Å². The van der Waals surface area contributed by atoms with Crippen LogP contribution in [0.3, 0.4) is 0 Å². The molecule has 0 aromatic carbocycles. The molecule has 1 saturated heterocycles. The molecular formula is C27H37N5O4S. The third-order valence-electron chi connectivity index (χ3n) is 9.26. The standard InChI is InChI=1S/C27H37N5O4S/c1-17(34)31-9-11-32(12-10-31)23(36)13-19-24-20(37-25(30-24)29-18-5-4-8-28-15-18)14-21-26(19,2)7-6-22(35)27(21,3)16-33/h4-5,8,15,19,21-22,33,35H,6-7,9-14,16H2,1-3H3,(H,29,30)/t19-,21+,22-,26+,27+/m1/s1. The van der Waals surface area contributed by atoms with Gasteiger partial charge in [0.1, 0.15) is 0 Å². The van der Waals surface area contributed by atoms with Gasteiger partial charge in [0.05, 0.1) is 30.3 Å². The molecule has 9 nitrogen and oxygen atoms in total. The minimum atomic E-state index is -0.653. The molecule has 3 N–H and O–H groups in total. The average Bonchev–Trinajstić information content (AvgIpc) is 3.30. The minimum absolute atomic E-state index is 0.0142. The molecule has 2 aromatic heterocycles. The lowest BCUT2D eigenvalue weighted by molar-refractivity contribution is -0.149. The molecule has 3 aliphatic rings. The second-order valence-electron chi connectivity index (χ2n) is 11.3. The summed E-state index contributed by atoms with van der Waals surface area (Å²) in [4.78, 5) is 39.3. The predicted molar refractivity (Wildman–Crippen MR) is 142 cm³/mol. The topological polar surface area (TPSA) is 119 Å². The number of aliphatic hydroxyl groups excluding tert-OH is 2. The first kappa shape index (κ1) is 26.1. The van der Waals surface area contributed by atoms with Crippen molar-refractivity contribution < 1.29 is 19.8 Å². The van der Waals surface area contributed by atoms with Crippen LogP contribution in [0.5, 0.6) is 0 Å². The van der Waals surface area contributed by atoms with Crippen molar-refractivity contribution in [2.24, 2.45) is 16.7 Å². The third-order valence-corrected chi connectivity index (χ3v) is 10.3. The number of thiazole rings is 1. The van der Waals surface area contributed by atoms with Gasteiger partial charge in [0.15, 0.2) is 5.13 Å². The lowest BCUT2D eigenvalue weighted by Gasteiger charge is -2.58. The zero-order valence-electron chi connectivity index (χ0n) is 21.8. The number of nitrogens with zero attached hydrogens (tertiary/aromatic N) is 4. The van der Waals surface area contributed by atoms with E-state index in [-0.39, 0.29) is 35.7 Å². The van der Waals surface area contributed by atoms with E-state index < -0.39 is 11.5 Å². The zero-order valence-corrected chi connectivity index (χ0v) is 22.6.